The second-order valence-corrected chi connectivity index (χ2v) is 7.12. The third-order valence-electron chi connectivity index (χ3n) is 3.01. The molecule has 0 aliphatic rings. The van der Waals surface area contributed by atoms with Crippen molar-refractivity contribution in [3.05, 3.63) is 0 Å². The number of hydrogen-bond donors (Lipinski definition) is 0. The first-order chi connectivity index (χ1) is 7.16. The van der Waals surface area contributed by atoms with Crippen LogP contribution in [0, 0.1) is 10.8 Å². The number of rotatable bonds is 3. The molecule has 0 heterocycles. The van der Waals surface area contributed by atoms with Gasteiger partial charge in [0.05, 0.1) is 5.60 Å². The lowest BCUT2D eigenvalue weighted by molar-refractivity contribution is -0.226. The first-order valence-corrected chi connectivity index (χ1v) is 5.87. The molecule has 0 fully saturated rings. The van der Waals surface area contributed by atoms with Crippen LogP contribution < -0.4 is 0 Å². The van der Waals surface area contributed by atoms with Crippen LogP contribution in [-0.2, 0) is 4.74 Å². The average Bonchev–Trinajstić information content (AvgIpc) is 1.94. The van der Waals surface area contributed by atoms with E-state index in [0.717, 1.165) is 0 Å². The van der Waals surface area contributed by atoms with Gasteiger partial charge in [-0.2, -0.15) is 13.2 Å². The summed E-state index contributed by atoms with van der Waals surface area (Å²) in [6.07, 6.45) is -3.69. The molecule has 0 bridgehead atoms. The number of ether oxygens (including phenoxy) is 1. The molecule has 17 heavy (non-hydrogen) atoms. The average molecular weight is 254 g/mol. The number of hydrogen-bond acceptors (Lipinski definition) is 1. The Morgan fingerprint density at radius 2 is 1.24 bits per heavy atom. The normalized spacial score (nSPS) is 18.0. The summed E-state index contributed by atoms with van der Waals surface area (Å²) in [7, 11) is 0. The van der Waals surface area contributed by atoms with E-state index >= 15 is 0 Å². The monoisotopic (exact) mass is 254 g/mol. The van der Waals surface area contributed by atoms with Crippen molar-refractivity contribution in [3.63, 3.8) is 0 Å². The van der Waals surface area contributed by atoms with E-state index in [1.54, 1.807) is 6.92 Å². The van der Waals surface area contributed by atoms with Gasteiger partial charge in [-0.05, 0) is 24.2 Å². The van der Waals surface area contributed by atoms with Crippen LogP contribution in [0.15, 0.2) is 0 Å². The van der Waals surface area contributed by atoms with Gasteiger partial charge in [0.15, 0.2) is 0 Å². The fraction of sp³-hybridized carbons (Fsp3) is 1.00. The van der Waals surface area contributed by atoms with Gasteiger partial charge in [0.25, 0.3) is 0 Å². The van der Waals surface area contributed by atoms with Gasteiger partial charge >= 0.3 is 6.18 Å². The second kappa shape index (κ2) is 4.79. The van der Waals surface area contributed by atoms with Gasteiger partial charge in [0, 0.05) is 0 Å². The Hall–Kier alpha value is -0.250. The molecule has 0 aromatic carbocycles. The minimum atomic E-state index is -4.27. The Balaban J connectivity index is 4.88. The number of alkyl halides is 3. The molecule has 0 saturated carbocycles. The number of halogens is 3. The second-order valence-electron chi connectivity index (χ2n) is 7.12. The van der Waals surface area contributed by atoms with E-state index in [-0.39, 0.29) is 10.8 Å². The van der Waals surface area contributed by atoms with E-state index < -0.39 is 18.4 Å². The molecule has 0 amide bonds. The lowest BCUT2D eigenvalue weighted by atomic mass is 9.69. The highest BCUT2D eigenvalue weighted by molar-refractivity contribution is 4.92. The van der Waals surface area contributed by atoms with Crippen LogP contribution in [0.5, 0.6) is 0 Å². The molecule has 0 N–H and O–H groups in total. The highest BCUT2D eigenvalue weighted by Gasteiger charge is 2.44. The highest BCUT2D eigenvalue weighted by Crippen LogP contribution is 2.42. The van der Waals surface area contributed by atoms with Gasteiger partial charge in [-0.15, -0.1) is 0 Å². The van der Waals surface area contributed by atoms with Crippen molar-refractivity contribution >= 4 is 0 Å². The zero-order valence-electron chi connectivity index (χ0n) is 12.0. The van der Waals surface area contributed by atoms with Crippen LogP contribution in [0.4, 0.5) is 13.2 Å². The van der Waals surface area contributed by atoms with E-state index in [2.05, 4.69) is 0 Å². The molecule has 1 atom stereocenters. The Labute approximate surface area is 103 Å². The summed E-state index contributed by atoms with van der Waals surface area (Å²) in [4.78, 5) is 0. The SMILES string of the molecule is CC(C)(C)CC(C)(OCC(F)(F)F)C(C)(C)C. The van der Waals surface area contributed by atoms with Crippen LogP contribution in [0.1, 0.15) is 54.9 Å². The molecule has 1 unspecified atom stereocenters. The summed E-state index contributed by atoms with van der Waals surface area (Å²) < 4.78 is 42.1. The molecule has 0 rings (SSSR count). The molecule has 0 aliphatic heterocycles. The van der Waals surface area contributed by atoms with Crippen molar-refractivity contribution < 1.29 is 17.9 Å². The van der Waals surface area contributed by atoms with E-state index in [1.807, 2.05) is 41.5 Å². The summed E-state index contributed by atoms with van der Waals surface area (Å²) in [6, 6.07) is 0. The summed E-state index contributed by atoms with van der Waals surface area (Å²) in [5.74, 6) is 0. The highest BCUT2D eigenvalue weighted by atomic mass is 19.4. The van der Waals surface area contributed by atoms with Crippen molar-refractivity contribution in [3.8, 4) is 0 Å². The van der Waals surface area contributed by atoms with Gasteiger partial charge in [-0.1, -0.05) is 41.5 Å². The molecule has 0 spiro atoms. The minimum absolute atomic E-state index is 0.0758. The van der Waals surface area contributed by atoms with Crippen molar-refractivity contribution in [1.29, 1.82) is 0 Å². The lowest BCUT2D eigenvalue weighted by Gasteiger charge is -2.45. The van der Waals surface area contributed by atoms with Crippen LogP contribution in [0.2, 0.25) is 0 Å². The Bertz CT molecular complexity index is 245. The third-order valence-corrected chi connectivity index (χ3v) is 3.01. The minimum Gasteiger partial charge on any atom is -0.365 e. The predicted molar refractivity (Wildman–Crippen MR) is 63.9 cm³/mol. The first-order valence-electron chi connectivity index (χ1n) is 5.87. The summed E-state index contributed by atoms with van der Waals surface area (Å²) in [5, 5.41) is 0. The fourth-order valence-corrected chi connectivity index (χ4v) is 1.79. The Kier molecular flexibility index (Phi) is 4.72. The first kappa shape index (κ1) is 16.8. The summed E-state index contributed by atoms with van der Waals surface area (Å²) >= 11 is 0. The van der Waals surface area contributed by atoms with Crippen molar-refractivity contribution in [2.45, 2.75) is 66.7 Å². The van der Waals surface area contributed by atoms with E-state index in [4.69, 9.17) is 4.74 Å². The van der Waals surface area contributed by atoms with Crippen LogP contribution in [0.25, 0.3) is 0 Å². The van der Waals surface area contributed by atoms with Gasteiger partial charge < -0.3 is 4.74 Å². The largest absolute Gasteiger partial charge is 0.411 e. The topological polar surface area (TPSA) is 9.23 Å². The molecule has 0 aliphatic carbocycles. The fourth-order valence-electron chi connectivity index (χ4n) is 1.79. The van der Waals surface area contributed by atoms with Crippen LogP contribution in [0.3, 0.4) is 0 Å². The van der Waals surface area contributed by atoms with Crippen molar-refractivity contribution in [2.75, 3.05) is 6.61 Å². The molecule has 1 nitrogen and oxygen atoms in total. The Morgan fingerprint density at radius 1 is 0.824 bits per heavy atom. The van der Waals surface area contributed by atoms with Gasteiger partial charge in [0.1, 0.15) is 6.61 Å². The molecular formula is C13H25F3O. The van der Waals surface area contributed by atoms with E-state index in [0.29, 0.717) is 6.42 Å². The van der Waals surface area contributed by atoms with Crippen LogP contribution in [-0.4, -0.2) is 18.4 Å². The Morgan fingerprint density at radius 3 is 1.47 bits per heavy atom. The quantitative estimate of drug-likeness (QED) is 0.702. The zero-order chi connectivity index (χ0) is 14.1. The van der Waals surface area contributed by atoms with E-state index in [9.17, 15) is 13.2 Å². The maximum atomic E-state index is 12.3. The van der Waals surface area contributed by atoms with Crippen molar-refractivity contribution in [1.82, 2.24) is 0 Å². The van der Waals surface area contributed by atoms with Gasteiger partial charge in [-0.25, -0.2) is 0 Å². The van der Waals surface area contributed by atoms with Crippen LogP contribution >= 0.6 is 0 Å². The summed E-state index contributed by atoms with van der Waals surface area (Å²) in [6.45, 7) is 12.3. The molecule has 0 aromatic rings. The predicted octanol–water partition coefficient (Wildman–Crippen LogP) is 4.81. The molecule has 104 valence electrons. The van der Waals surface area contributed by atoms with E-state index in [1.165, 1.54) is 0 Å². The molecule has 0 radical (unpaired) electrons. The summed E-state index contributed by atoms with van der Waals surface area (Å²) in [5.41, 5.74) is -1.21. The third kappa shape index (κ3) is 6.29. The molecule has 0 saturated heterocycles. The lowest BCUT2D eigenvalue weighted by Crippen LogP contribution is -2.47. The smallest absolute Gasteiger partial charge is 0.365 e. The molecule has 4 heteroatoms. The van der Waals surface area contributed by atoms with Crippen molar-refractivity contribution in [2.24, 2.45) is 10.8 Å². The molecular weight excluding hydrogens is 229 g/mol. The standard InChI is InChI=1S/C13H25F3O/c1-10(2,3)8-12(7,11(4,5)6)17-9-13(14,15)16/h8-9H2,1-7H3. The maximum Gasteiger partial charge on any atom is 0.411 e. The van der Waals surface area contributed by atoms with Gasteiger partial charge in [-0.3, -0.25) is 0 Å². The van der Waals surface area contributed by atoms with Gasteiger partial charge in [0.2, 0.25) is 0 Å². The maximum absolute atomic E-state index is 12.3. The zero-order valence-corrected chi connectivity index (χ0v) is 12.0. The molecule has 0 aromatic heterocycles.